The van der Waals surface area contributed by atoms with Gasteiger partial charge in [-0.05, 0) is 84.9 Å². The van der Waals surface area contributed by atoms with E-state index in [0.717, 1.165) is 44.5 Å². The predicted octanol–water partition coefficient (Wildman–Crippen LogP) is 13.9. The Balaban J connectivity index is 0.968. The third-order valence-corrected chi connectivity index (χ3v) is 10.5. The van der Waals surface area contributed by atoms with E-state index in [0.29, 0.717) is 0 Å². The Morgan fingerprint density at radius 3 is 1.37 bits per heavy atom. The van der Waals surface area contributed by atoms with E-state index in [1.807, 2.05) is 0 Å². The predicted molar refractivity (Wildman–Crippen MR) is 227 cm³/mol. The number of fused-ring (bicyclic) bond motifs is 4. The van der Waals surface area contributed by atoms with Gasteiger partial charge in [0.2, 0.25) is 0 Å². The van der Waals surface area contributed by atoms with Crippen molar-refractivity contribution in [1.29, 1.82) is 0 Å². The molecular formula is C52H34N2. The molecule has 0 atom stereocenters. The summed E-state index contributed by atoms with van der Waals surface area (Å²) in [6, 6.07) is 73.5. The topological polar surface area (TPSA) is 25.8 Å². The smallest absolute Gasteiger partial charge is 0.160 e. The molecule has 0 amide bonds. The van der Waals surface area contributed by atoms with Crippen LogP contribution >= 0.6 is 0 Å². The van der Waals surface area contributed by atoms with Gasteiger partial charge in [0.1, 0.15) is 0 Å². The van der Waals surface area contributed by atoms with Crippen molar-refractivity contribution in [3.05, 3.63) is 206 Å². The van der Waals surface area contributed by atoms with E-state index in [4.69, 9.17) is 9.97 Å². The minimum Gasteiger partial charge on any atom is -0.227 e. The maximum atomic E-state index is 5.24. The molecule has 2 heteroatoms. The van der Waals surface area contributed by atoms with Crippen molar-refractivity contribution in [2.24, 2.45) is 0 Å². The van der Waals surface area contributed by atoms with E-state index < -0.39 is 0 Å². The lowest BCUT2D eigenvalue weighted by molar-refractivity contribution is 1.23. The molecule has 0 N–H and O–H groups in total. The molecule has 0 fully saturated rings. The van der Waals surface area contributed by atoms with Gasteiger partial charge in [-0.15, -0.1) is 0 Å². The standard InChI is InChI=1S/C52H34N2/c1-2-10-35(11-3-1)43-15-8-17-45(32-43)46-18-9-16-44(33-46)39-22-20-37(21-23-39)38-24-27-41(28-25-38)52-53-50(47-29-26-36-12-4-5-14-42(36)34-47)49-31-30-40-13-6-7-19-48(40)51(49)54-52/h1-34H. The van der Waals surface area contributed by atoms with Gasteiger partial charge >= 0.3 is 0 Å². The molecule has 1 aromatic heterocycles. The molecule has 1 heterocycles. The van der Waals surface area contributed by atoms with Crippen LogP contribution in [0.25, 0.3) is 99.6 Å². The molecule has 0 aliphatic rings. The highest BCUT2D eigenvalue weighted by molar-refractivity contribution is 6.10. The first-order chi connectivity index (χ1) is 26.7. The van der Waals surface area contributed by atoms with E-state index in [9.17, 15) is 0 Å². The van der Waals surface area contributed by atoms with Crippen LogP contribution < -0.4 is 0 Å². The fraction of sp³-hybridized carbons (Fsp3) is 0. The van der Waals surface area contributed by atoms with Gasteiger partial charge in [0, 0.05) is 21.9 Å². The zero-order chi connectivity index (χ0) is 35.8. The third-order valence-electron chi connectivity index (χ3n) is 10.5. The lowest BCUT2D eigenvalue weighted by atomic mass is 9.95. The molecule has 0 radical (unpaired) electrons. The summed E-state index contributed by atoms with van der Waals surface area (Å²) in [5, 5.41) is 5.76. The van der Waals surface area contributed by atoms with Crippen molar-refractivity contribution in [2.75, 3.05) is 0 Å². The fourth-order valence-electron chi connectivity index (χ4n) is 7.60. The van der Waals surface area contributed by atoms with Crippen molar-refractivity contribution in [3.63, 3.8) is 0 Å². The van der Waals surface area contributed by atoms with Crippen LogP contribution in [0.5, 0.6) is 0 Å². The van der Waals surface area contributed by atoms with E-state index in [2.05, 4.69) is 206 Å². The molecule has 2 nitrogen and oxygen atoms in total. The summed E-state index contributed by atoms with van der Waals surface area (Å²) in [4.78, 5) is 10.4. The second-order valence-electron chi connectivity index (χ2n) is 13.8. The number of hydrogen-bond acceptors (Lipinski definition) is 2. The number of hydrogen-bond donors (Lipinski definition) is 0. The molecule has 252 valence electrons. The van der Waals surface area contributed by atoms with Crippen LogP contribution in [0.1, 0.15) is 0 Å². The number of nitrogens with zero attached hydrogens (tertiary/aromatic N) is 2. The molecule has 0 saturated heterocycles. The fourth-order valence-corrected chi connectivity index (χ4v) is 7.60. The summed E-state index contributed by atoms with van der Waals surface area (Å²) in [6.07, 6.45) is 0. The molecule has 0 saturated carbocycles. The quantitative estimate of drug-likeness (QED) is 0.163. The molecule has 9 aromatic carbocycles. The van der Waals surface area contributed by atoms with Gasteiger partial charge in [0.25, 0.3) is 0 Å². The molecule has 10 aromatic rings. The van der Waals surface area contributed by atoms with Crippen LogP contribution in [0, 0.1) is 0 Å². The Hall–Kier alpha value is -7.16. The van der Waals surface area contributed by atoms with Crippen LogP contribution in [-0.4, -0.2) is 9.97 Å². The van der Waals surface area contributed by atoms with Crippen LogP contribution in [0.4, 0.5) is 0 Å². The van der Waals surface area contributed by atoms with Gasteiger partial charge in [0.05, 0.1) is 11.2 Å². The van der Waals surface area contributed by atoms with Crippen LogP contribution in [0.3, 0.4) is 0 Å². The first-order valence-corrected chi connectivity index (χ1v) is 18.4. The molecule has 0 bridgehead atoms. The first kappa shape index (κ1) is 31.6. The van der Waals surface area contributed by atoms with E-state index in [-0.39, 0.29) is 0 Å². The van der Waals surface area contributed by atoms with Gasteiger partial charge in [-0.1, -0.05) is 182 Å². The highest BCUT2D eigenvalue weighted by Crippen LogP contribution is 2.36. The van der Waals surface area contributed by atoms with Crippen molar-refractivity contribution >= 4 is 32.4 Å². The largest absolute Gasteiger partial charge is 0.227 e. The lowest BCUT2D eigenvalue weighted by Crippen LogP contribution is -1.96. The second-order valence-corrected chi connectivity index (χ2v) is 13.8. The summed E-state index contributed by atoms with van der Waals surface area (Å²) in [5.41, 5.74) is 13.5. The molecular weight excluding hydrogens is 653 g/mol. The maximum Gasteiger partial charge on any atom is 0.160 e. The summed E-state index contributed by atoms with van der Waals surface area (Å²) in [5.74, 6) is 0.720. The monoisotopic (exact) mass is 686 g/mol. The maximum absolute atomic E-state index is 5.24. The minimum absolute atomic E-state index is 0.720. The van der Waals surface area contributed by atoms with Crippen LogP contribution in [0.15, 0.2) is 206 Å². The van der Waals surface area contributed by atoms with Crippen molar-refractivity contribution in [1.82, 2.24) is 9.97 Å². The van der Waals surface area contributed by atoms with E-state index >= 15 is 0 Å². The van der Waals surface area contributed by atoms with E-state index in [1.165, 1.54) is 55.1 Å². The lowest BCUT2D eigenvalue weighted by Gasteiger charge is -2.13. The molecule has 0 aliphatic carbocycles. The summed E-state index contributed by atoms with van der Waals surface area (Å²) in [6.45, 7) is 0. The highest BCUT2D eigenvalue weighted by atomic mass is 14.9. The number of benzene rings is 9. The molecule has 10 rings (SSSR count). The first-order valence-electron chi connectivity index (χ1n) is 18.4. The SMILES string of the molecule is c1ccc(-c2cccc(-c3cccc(-c4ccc(-c5ccc(-c6nc(-c7ccc8ccccc8c7)c7ccc8ccccc8c7n6)cc5)cc4)c3)c2)cc1. The number of aromatic nitrogens is 2. The van der Waals surface area contributed by atoms with Crippen molar-refractivity contribution in [3.8, 4) is 67.2 Å². The van der Waals surface area contributed by atoms with Gasteiger partial charge < -0.3 is 0 Å². The average molecular weight is 687 g/mol. The Kier molecular flexibility index (Phi) is 7.85. The molecule has 0 unspecified atom stereocenters. The second kappa shape index (κ2) is 13.4. The Morgan fingerprint density at radius 2 is 0.704 bits per heavy atom. The van der Waals surface area contributed by atoms with Crippen LogP contribution in [0.2, 0.25) is 0 Å². The third kappa shape index (κ3) is 5.90. The zero-order valence-electron chi connectivity index (χ0n) is 29.5. The zero-order valence-corrected chi connectivity index (χ0v) is 29.5. The Labute approximate surface area is 314 Å². The summed E-state index contributed by atoms with van der Waals surface area (Å²) < 4.78 is 0. The van der Waals surface area contributed by atoms with Gasteiger partial charge in [-0.25, -0.2) is 9.97 Å². The minimum atomic E-state index is 0.720. The van der Waals surface area contributed by atoms with Crippen molar-refractivity contribution < 1.29 is 0 Å². The molecule has 0 aliphatic heterocycles. The highest BCUT2D eigenvalue weighted by Gasteiger charge is 2.15. The summed E-state index contributed by atoms with van der Waals surface area (Å²) in [7, 11) is 0. The van der Waals surface area contributed by atoms with Crippen molar-refractivity contribution in [2.45, 2.75) is 0 Å². The average Bonchev–Trinajstić information content (AvgIpc) is 3.26. The molecule has 0 spiro atoms. The van der Waals surface area contributed by atoms with Crippen LogP contribution in [-0.2, 0) is 0 Å². The molecule has 54 heavy (non-hydrogen) atoms. The summed E-state index contributed by atoms with van der Waals surface area (Å²) >= 11 is 0. The van der Waals surface area contributed by atoms with Gasteiger partial charge in [0.15, 0.2) is 5.82 Å². The van der Waals surface area contributed by atoms with Gasteiger partial charge in [-0.3, -0.25) is 0 Å². The van der Waals surface area contributed by atoms with Gasteiger partial charge in [-0.2, -0.15) is 0 Å². The number of rotatable bonds is 6. The Bertz CT molecular complexity index is 2960. The normalized spacial score (nSPS) is 11.3. The Morgan fingerprint density at radius 1 is 0.241 bits per heavy atom. The van der Waals surface area contributed by atoms with E-state index in [1.54, 1.807) is 0 Å².